The molecule has 1 unspecified atom stereocenters. The van der Waals surface area contributed by atoms with E-state index >= 15 is 0 Å². The third kappa shape index (κ3) is 3.10. The van der Waals surface area contributed by atoms with E-state index in [1.807, 2.05) is 14.0 Å². The number of hydrogen-bond acceptors (Lipinski definition) is 4. The average Bonchev–Trinajstić information content (AvgIpc) is 3.00. The molecule has 24 heavy (non-hydrogen) atoms. The van der Waals surface area contributed by atoms with Crippen molar-refractivity contribution in [2.45, 2.75) is 19.4 Å². The quantitative estimate of drug-likeness (QED) is 0.781. The summed E-state index contributed by atoms with van der Waals surface area (Å²) in [5, 5.41) is 3.03. The largest absolute Gasteiger partial charge is 0.354 e. The first-order chi connectivity index (χ1) is 11.6. The first kappa shape index (κ1) is 16.0. The Morgan fingerprint density at radius 3 is 2.71 bits per heavy atom. The minimum atomic E-state index is -0.546. The van der Waals surface area contributed by atoms with Crippen LogP contribution in [-0.2, 0) is 13.5 Å². The Labute approximate surface area is 138 Å². The van der Waals surface area contributed by atoms with Gasteiger partial charge in [0.2, 0.25) is 0 Å². The Bertz CT molecular complexity index is 847. The number of imidazole rings is 1. The first-order valence-corrected chi connectivity index (χ1v) is 7.58. The highest BCUT2D eigenvalue weighted by Gasteiger charge is 2.21. The summed E-state index contributed by atoms with van der Waals surface area (Å²) in [4.78, 5) is 12.2. The zero-order valence-electron chi connectivity index (χ0n) is 13.4. The lowest BCUT2D eigenvalue weighted by atomic mass is 10.1. The fraction of sp³-hybridized carbons (Fsp3) is 0.235. The van der Waals surface area contributed by atoms with E-state index in [2.05, 4.69) is 20.3 Å². The molecule has 1 atom stereocenters. The molecule has 0 saturated heterocycles. The molecule has 2 aromatic heterocycles. The normalized spacial score (nSPS) is 12.2. The van der Waals surface area contributed by atoms with Gasteiger partial charge in [-0.25, -0.2) is 23.7 Å². The SMILES string of the molecule is CCc1ncnc(NC(c2cccc(F)c2)c2nccn2C)c1F. The van der Waals surface area contributed by atoms with Gasteiger partial charge >= 0.3 is 0 Å². The molecule has 124 valence electrons. The number of benzene rings is 1. The molecular formula is C17H17F2N5. The van der Waals surface area contributed by atoms with Crippen LogP contribution in [0.2, 0.25) is 0 Å². The number of rotatable bonds is 5. The van der Waals surface area contributed by atoms with Crippen LogP contribution < -0.4 is 5.32 Å². The standard InChI is InChI=1S/C17H17F2N5/c1-3-13-14(19)16(22-10-21-13)23-15(17-20-7-8-24(17)2)11-5-4-6-12(18)9-11/h4-10,15H,3H2,1-2H3,(H,21,22,23). The van der Waals surface area contributed by atoms with Crippen LogP contribution in [0.5, 0.6) is 0 Å². The highest BCUT2D eigenvalue weighted by Crippen LogP contribution is 2.26. The maximum absolute atomic E-state index is 14.5. The lowest BCUT2D eigenvalue weighted by Crippen LogP contribution is -2.19. The minimum absolute atomic E-state index is 0.0686. The van der Waals surface area contributed by atoms with Crippen LogP contribution in [0.1, 0.15) is 30.0 Å². The zero-order chi connectivity index (χ0) is 17.1. The highest BCUT2D eigenvalue weighted by atomic mass is 19.1. The summed E-state index contributed by atoms with van der Waals surface area (Å²) in [5.74, 6) is -0.183. The minimum Gasteiger partial charge on any atom is -0.354 e. The number of hydrogen-bond donors (Lipinski definition) is 1. The molecule has 3 rings (SSSR count). The summed E-state index contributed by atoms with van der Waals surface area (Å²) >= 11 is 0. The van der Waals surface area contributed by atoms with Crippen LogP contribution >= 0.6 is 0 Å². The van der Waals surface area contributed by atoms with Gasteiger partial charge in [-0.3, -0.25) is 0 Å². The number of nitrogens with zero attached hydrogens (tertiary/aromatic N) is 4. The molecule has 0 bridgehead atoms. The number of aromatic nitrogens is 4. The summed E-state index contributed by atoms with van der Waals surface area (Å²) in [5.41, 5.74) is 0.950. The molecule has 0 radical (unpaired) electrons. The topological polar surface area (TPSA) is 55.6 Å². The van der Waals surface area contributed by atoms with Gasteiger partial charge in [-0.05, 0) is 24.1 Å². The molecule has 0 aliphatic rings. The Balaban J connectivity index is 2.05. The number of halogens is 2. The van der Waals surface area contributed by atoms with Crippen LogP contribution in [0.3, 0.4) is 0 Å². The van der Waals surface area contributed by atoms with Crippen molar-refractivity contribution in [3.8, 4) is 0 Å². The van der Waals surface area contributed by atoms with Gasteiger partial charge in [-0.1, -0.05) is 19.1 Å². The molecule has 0 amide bonds. The smallest absolute Gasteiger partial charge is 0.186 e. The van der Waals surface area contributed by atoms with E-state index in [4.69, 9.17) is 0 Å². The summed E-state index contributed by atoms with van der Waals surface area (Å²) in [6.07, 6.45) is 5.18. The third-order valence-electron chi connectivity index (χ3n) is 3.78. The van der Waals surface area contributed by atoms with Gasteiger partial charge in [-0.15, -0.1) is 0 Å². The van der Waals surface area contributed by atoms with Crippen LogP contribution in [0.25, 0.3) is 0 Å². The molecule has 5 nitrogen and oxygen atoms in total. The van der Waals surface area contributed by atoms with Crippen LogP contribution in [-0.4, -0.2) is 19.5 Å². The summed E-state index contributed by atoms with van der Waals surface area (Å²) in [6, 6.07) is 5.58. The van der Waals surface area contributed by atoms with Gasteiger partial charge in [0.15, 0.2) is 11.6 Å². The van der Waals surface area contributed by atoms with E-state index in [1.54, 1.807) is 29.1 Å². The van der Waals surface area contributed by atoms with E-state index in [9.17, 15) is 8.78 Å². The first-order valence-electron chi connectivity index (χ1n) is 7.58. The Kier molecular flexibility index (Phi) is 4.50. The van der Waals surface area contributed by atoms with Crippen molar-refractivity contribution in [1.82, 2.24) is 19.5 Å². The predicted molar refractivity (Wildman–Crippen MR) is 86.4 cm³/mol. The van der Waals surface area contributed by atoms with Crippen molar-refractivity contribution in [2.24, 2.45) is 7.05 Å². The molecular weight excluding hydrogens is 312 g/mol. The molecule has 1 aromatic carbocycles. The Hall–Kier alpha value is -2.83. The fourth-order valence-corrected chi connectivity index (χ4v) is 2.53. The second kappa shape index (κ2) is 6.74. The lowest BCUT2D eigenvalue weighted by molar-refractivity contribution is 0.592. The van der Waals surface area contributed by atoms with Crippen molar-refractivity contribution in [3.63, 3.8) is 0 Å². The van der Waals surface area contributed by atoms with E-state index in [0.717, 1.165) is 0 Å². The predicted octanol–water partition coefficient (Wildman–Crippen LogP) is 3.25. The number of anilines is 1. The summed E-state index contributed by atoms with van der Waals surface area (Å²) < 4.78 is 29.9. The molecule has 0 aliphatic heterocycles. The van der Waals surface area contributed by atoms with Gasteiger partial charge in [0.25, 0.3) is 0 Å². The van der Waals surface area contributed by atoms with Crippen molar-refractivity contribution in [2.75, 3.05) is 5.32 Å². The van der Waals surface area contributed by atoms with Crippen molar-refractivity contribution in [1.29, 1.82) is 0 Å². The highest BCUT2D eigenvalue weighted by molar-refractivity contribution is 5.43. The molecule has 0 spiro atoms. The second-order valence-corrected chi connectivity index (χ2v) is 5.37. The van der Waals surface area contributed by atoms with E-state index in [-0.39, 0.29) is 11.6 Å². The third-order valence-corrected chi connectivity index (χ3v) is 3.78. The summed E-state index contributed by atoms with van der Waals surface area (Å²) in [7, 11) is 1.82. The Morgan fingerprint density at radius 1 is 1.21 bits per heavy atom. The van der Waals surface area contributed by atoms with Gasteiger partial charge in [0.1, 0.15) is 24.0 Å². The Morgan fingerprint density at radius 2 is 2.04 bits per heavy atom. The van der Waals surface area contributed by atoms with Crippen LogP contribution in [0, 0.1) is 11.6 Å². The van der Waals surface area contributed by atoms with Gasteiger partial charge in [-0.2, -0.15) is 0 Å². The van der Waals surface area contributed by atoms with Crippen molar-refractivity contribution >= 4 is 5.82 Å². The maximum Gasteiger partial charge on any atom is 0.186 e. The van der Waals surface area contributed by atoms with Crippen molar-refractivity contribution in [3.05, 3.63) is 71.7 Å². The molecule has 2 heterocycles. The van der Waals surface area contributed by atoms with Crippen LogP contribution in [0.15, 0.2) is 43.0 Å². The monoisotopic (exact) mass is 329 g/mol. The molecule has 1 N–H and O–H groups in total. The molecule has 0 saturated carbocycles. The summed E-state index contributed by atoms with van der Waals surface area (Å²) in [6.45, 7) is 1.82. The maximum atomic E-state index is 14.5. The lowest BCUT2D eigenvalue weighted by Gasteiger charge is -2.20. The zero-order valence-corrected chi connectivity index (χ0v) is 13.4. The van der Waals surface area contributed by atoms with E-state index in [1.165, 1.54) is 18.5 Å². The number of nitrogens with one attached hydrogen (secondary N) is 1. The second-order valence-electron chi connectivity index (χ2n) is 5.37. The van der Waals surface area contributed by atoms with Gasteiger partial charge < -0.3 is 9.88 Å². The molecule has 0 aliphatic carbocycles. The molecule has 7 heteroatoms. The van der Waals surface area contributed by atoms with Crippen molar-refractivity contribution < 1.29 is 8.78 Å². The molecule has 3 aromatic rings. The molecule has 0 fully saturated rings. The fourth-order valence-electron chi connectivity index (χ4n) is 2.53. The van der Waals surface area contributed by atoms with E-state index < -0.39 is 11.9 Å². The number of aryl methyl sites for hydroxylation is 2. The van der Waals surface area contributed by atoms with Gasteiger partial charge in [0, 0.05) is 19.4 Å². The van der Waals surface area contributed by atoms with E-state index in [0.29, 0.717) is 23.5 Å². The van der Waals surface area contributed by atoms with Crippen LogP contribution in [0.4, 0.5) is 14.6 Å². The van der Waals surface area contributed by atoms with Gasteiger partial charge in [0.05, 0.1) is 5.69 Å². The average molecular weight is 329 g/mol.